The van der Waals surface area contributed by atoms with E-state index in [0.717, 1.165) is 23.4 Å². The highest BCUT2D eigenvalue weighted by Crippen LogP contribution is 2.29. The van der Waals surface area contributed by atoms with Gasteiger partial charge in [0.15, 0.2) is 5.82 Å². The topological polar surface area (TPSA) is 80.8 Å². The molecule has 0 unspecified atom stereocenters. The van der Waals surface area contributed by atoms with E-state index in [-0.39, 0.29) is 11.8 Å². The predicted molar refractivity (Wildman–Crippen MR) is 92.9 cm³/mol. The van der Waals surface area contributed by atoms with Crippen molar-refractivity contribution in [3.63, 3.8) is 0 Å². The second-order valence-corrected chi connectivity index (χ2v) is 7.96. The number of hydrogen-bond donors (Lipinski definition) is 0. The normalized spacial score (nSPS) is 23.4. The standard InChI is InChI=1S/C16H17ClN4O3S/c1-9-18-15(24-19-9)10-3-2-6-21(8-10)16(22)12-7-11(20-23-12)13-4-5-14(17)25-13/h4-5,10,12H,2-3,6-8H2,1H3/t10-,12+/m0/s1. The molecule has 0 bridgehead atoms. The lowest BCUT2D eigenvalue weighted by Gasteiger charge is -2.32. The van der Waals surface area contributed by atoms with Crippen molar-refractivity contribution in [2.45, 2.75) is 38.2 Å². The van der Waals surface area contributed by atoms with Crippen molar-refractivity contribution in [1.82, 2.24) is 15.0 Å². The summed E-state index contributed by atoms with van der Waals surface area (Å²) in [4.78, 5) is 25.3. The van der Waals surface area contributed by atoms with Gasteiger partial charge >= 0.3 is 0 Å². The lowest BCUT2D eigenvalue weighted by molar-refractivity contribution is -0.143. The van der Waals surface area contributed by atoms with Crippen molar-refractivity contribution in [1.29, 1.82) is 0 Å². The molecule has 1 fully saturated rings. The Kier molecular flexibility index (Phi) is 4.47. The van der Waals surface area contributed by atoms with Gasteiger partial charge in [0.25, 0.3) is 5.91 Å². The van der Waals surface area contributed by atoms with E-state index in [1.54, 1.807) is 6.92 Å². The second kappa shape index (κ2) is 6.76. The number of hydrogen-bond acceptors (Lipinski definition) is 7. The van der Waals surface area contributed by atoms with Gasteiger partial charge in [-0.15, -0.1) is 11.3 Å². The van der Waals surface area contributed by atoms with E-state index in [0.29, 0.717) is 35.6 Å². The minimum atomic E-state index is -0.570. The third-order valence-electron chi connectivity index (χ3n) is 4.43. The molecule has 2 aromatic rings. The maximum absolute atomic E-state index is 12.8. The molecule has 1 amide bonds. The van der Waals surface area contributed by atoms with Gasteiger partial charge in [0, 0.05) is 19.5 Å². The van der Waals surface area contributed by atoms with Gasteiger partial charge in [-0.05, 0) is 31.9 Å². The van der Waals surface area contributed by atoms with Gasteiger partial charge in [0.05, 0.1) is 15.1 Å². The van der Waals surface area contributed by atoms with Gasteiger partial charge in [0.2, 0.25) is 12.0 Å². The fourth-order valence-corrected chi connectivity index (χ4v) is 4.22. The van der Waals surface area contributed by atoms with Gasteiger partial charge in [-0.25, -0.2) is 0 Å². The molecule has 0 aliphatic carbocycles. The molecule has 0 N–H and O–H groups in total. The maximum atomic E-state index is 12.8. The van der Waals surface area contributed by atoms with E-state index < -0.39 is 6.10 Å². The van der Waals surface area contributed by atoms with Crippen LogP contribution in [0.3, 0.4) is 0 Å². The summed E-state index contributed by atoms with van der Waals surface area (Å²) in [6, 6.07) is 3.72. The fourth-order valence-electron chi connectivity index (χ4n) is 3.19. The van der Waals surface area contributed by atoms with E-state index in [1.807, 2.05) is 17.0 Å². The van der Waals surface area contributed by atoms with E-state index in [2.05, 4.69) is 15.3 Å². The van der Waals surface area contributed by atoms with Gasteiger partial charge in [-0.2, -0.15) is 4.98 Å². The van der Waals surface area contributed by atoms with Crippen LogP contribution in [0.15, 0.2) is 21.8 Å². The minimum absolute atomic E-state index is 0.0395. The molecule has 0 radical (unpaired) electrons. The third-order valence-corrected chi connectivity index (χ3v) is 5.71. The van der Waals surface area contributed by atoms with Gasteiger partial charge < -0.3 is 14.3 Å². The van der Waals surface area contributed by atoms with Crippen LogP contribution in [-0.4, -0.2) is 45.9 Å². The molecule has 2 aromatic heterocycles. The van der Waals surface area contributed by atoms with Crippen molar-refractivity contribution < 1.29 is 14.2 Å². The van der Waals surface area contributed by atoms with Gasteiger partial charge in [-0.3, -0.25) is 4.79 Å². The van der Waals surface area contributed by atoms with Gasteiger partial charge in [0.1, 0.15) is 5.71 Å². The van der Waals surface area contributed by atoms with Crippen LogP contribution in [0.1, 0.15) is 41.8 Å². The summed E-state index contributed by atoms with van der Waals surface area (Å²) in [6.07, 6.45) is 1.74. The number of amides is 1. The van der Waals surface area contributed by atoms with Crippen molar-refractivity contribution in [3.05, 3.63) is 33.1 Å². The molecule has 9 heteroatoms. The van der Waals surface area contributed by atoms with E-state index in [4.69, 9.17) is 21.0 Å². The summed E-state index contributed by atoms with van der Waals surface area (Å²) in [7, 11) is 0. The molecular weight excluding hydrogens is 364 g/mol. The number of halogens is 1. The molecule has 4 heterocycles. The molecule has 0 saturated carbocycles. The molecule has 2 aliphatic heterocycles. The minimum Gasteiger partial charge on any atom is -0.382 e. The molecule has 2 atom stereocenters. The van der Waals surface area contributed by atoms with Crippen molar-refractivity contribution >= 4 is 34.6 Å². The molecule has 25 heavy (non-hydrogen) atoms. The first kappa shape index (κ1) is 16.5. The summed E-state index contributed by atoms with van der Waals surface area (Å²) < 4.78 is 5.97. The molecule has 2 aliphatic rings. The summed E-state index contributed by atoms with van der Waals surface area (Å²) in [6.45, 7) is 3.07. The van der Waals surface area contributed by atoms with E-state index in [9.17, 15) is 4.79 Å². The quantitative estimate of drug-likeness (QED) is 0.817. The summed E-state index contributed by atoms with van der Waals surface area (Å²) in [5, 5.41) is 7.92. The first-order valence-electron chi connectivity index (χ1n) is 8.17. The zero-order chi connectivity index (χ0) is 17.4. The van der Waals surface area contributed by atoms with Crippen molar-refractivity contribution in [2.24, 2.45) is 5.16 Å². The van der Waals surface area contributed by atoms with Crippen LogP contribution in [-0.2, 0) is 9.63 Å². The second-order valence-electron chi connectivity index (χ2n) is 6.24. The highest BCUT2D eigenvalue weighted by Gasteiger charge is 2.36. The van der Waals surface area contributed by atoms with E-state index in [1.165, 1.54) is 11.3 Å². The van der Waals surface area contributed by atoms with E-state index >= 15 is 0 Å². The number of thiophene rings is 1. The number of likely N-dealkylation sites (tertiary alicyclic amines) is 1. The molecule has 1 saturated heterocycles. The Labute approximate surface area is 153 Å². The smallest absolute Gasteiger partial charge is 0.266 e. The Balaban J connectivity index is 1.40. The van der Waals surface area contributed by atoms with Crippen LogP contribution >= 0.6 is 22.9 Å². The lowest BCUT2D eigenvalue weighted by atomic mass is 9.97. The SMILES string of the molecule is Cc1noc([C@H]2CCCN(C(=O)[C@H]3CC(c4ccc(Cl)s4)=NO3)C2)n1. The number of oxime groups is 1. The Morgan fingerprint density at radius 1 is 1.44 bits per heavy atom. The van der Waals surface area contributed by atoms with Crippen molar-refractivity contribution in [3.8, 4) is 0 Å². The fraction of sp³-hybridized carbons (Fsp3) is 0.500. The van der Waals surface area contributed by atoms with Crippen LogP contribution in [0, 0.1) is 6.92 Å². The number of carbonyl (C=O) groups excluding carboxylic acids is 1. The third kappa shape index (κ3) is 3.41. The molecule has 7 nitrogen and oxygen atoms in total. The number of piperidine rings is 1. The number of rotatable bonds is 3. The molecule has 0 aromatic carbocycles. The highest BCUT2D eigenvalue weighted by atomic mass is 35.5. The Morgan fingerprint density at radius 2 is 2.32 bits per heavy atom. The zero-order valence-electron chi connectivity index (χ0n) is 13.6. The van der Waals surface area contributed by atoms with Crippen LogP contribution in [0.4, 0.5) is 0 Å². The molecular formula is C16H17ClN4O3S. The predicted octanol–water partition coefficient (Wildman–Crippen LogP) is 2.99. The number of nitrogens with zero attached hydrogens (tertiary/aromatic N) is 4. The highest BCUT2D eigenvalue weighted by molar-refractivity contribution is 7.18. The van der Waals surface area contributed by atoms with Crippen LogP contribution in [0.25, 0.3) is 0 Å². The monoisotopic (exact) mass is 380 g/mol. The Morgan fingerprint density at radius 3 is 3.04 bits per heavy atom. The molecule has 4 rings (SSSR count). The number of carbonyl (C=O) groups is 1. The Bertz CT molecular complexity index is 818. The average molecular weight is 381 g/mol. The maximum Gasteiger partial charge on any atom is 0.266 e. The van der Waals surface area contributed by atoms with Gasteiger partial charge in [-0.1, -0.05) is 21.9 Å². The molecule has 0 spiro atoms. The first-order chi connectivity index (χ1) is 12.1. The summed E-state index contributed by atoms with van der Waals surface area (Å²) >= 11 is 7.40. The average Bonchev–Trinajstić information content (AvgIpc) is 3.34. The van der Waals surface area contributed by atoms with Crippen LogP contribution < -0.4 is 0 Å². The lowest BCUT2D eigenvalue weighted by Crippen LogP contribution is -2.44. The Hall–Kier alpha value is -1.93. The first-order valence-corrected chi connectivity index (χ1v) is 9.37. The largest absolute Gasteiger partial charge is 0.382 e. The number of aromatic nitrogens is 2. The molecule has 132 valence electrons. The van der Waals surface area contributed by atoms with Crippen molar-refractivity contribution in [2.75, 3.05) is 13.1 Å². The summed E-state index contributed by atoms with van der Waals surface area (Å²) in [5.41, 5.74) is 0.774. The zero-order valence-corrected chi connectivity index (χ0v) is 15.2. The summed E-state index contributed by atoms with van der Waals surface area (Å²) in [5.74, 6) is 1.26. The van der Waals surface area contributed by atoms with Crippen LogP contribution in [0.5, 0.6) is 0 Å². The number of aryl methyl sites for hydroxylation is 1. The van der Waals surface area contributed by atoms with Crippen LogP contribution in [0.2, 0.25) is 4.34 Å².